The van der Waals surface area contributed by atoms with E-state index < -0.39 is 10.0 Å². The first-order chi connectivity index (χ1) is 11.0. The number of hydrogen-bond acceptors (Lipinski definition) is 4. The summed E-state index contributed by atoms with van der Waals surface area (Å²) in [7, 11) is -3.26. The van der Waals surface area contributed by atoms with E-state index in [-0.39, 0.29) is 17.5 Å². The first-order valence-corrected chi connectivity index (χ1v) is 9.70. The molecule has 0 N–H and O–H groups in total. The molecule has 8 heteroatoms. The van der Waals surface area contributed by atoms with Crippen molar-refractivity contribution in [1.82, 2.24) is 4.31 Å². The maximum Gasteiger partial charge on any atom is 0.214 e. The van der Waals surface area contributed by atoms with E-state index in [0.29, 0.717) is 44.4 Å². The molecular weight excluding hydrogens is 343 g/mol. The first kappa shape index (κ1) is 17.0. The highest BCUT2D eigenvalue weighted by Gasteiger charge is 2.31. The lowest BCUT2D eigenvalue weighted by atomic mass is 10.2. The lowest BCUT2D eigenvalue weighted by Gasteiger charge is -2.36. The fourth-order valence-corrected chi connectivity index (χ4v) is 5.14. The molecule has 0 saturated carbocycles. The van der Waals surface area contributed by atoms with E-state index in [2.05, 4.69) is 0 Å². The number of hydrogen-bond donors (Lipinski definition) is 0. The van der Waals surface area contributed by atoms with E-state index in [4.69, 9.17) is 16.3 Å². The van der Waals surface area contributed by atoms with Gasteiger partial charge in [-0.1, -0.05) is 11.6 Å². The zero-order valence-corrected chi connectivity index (χ0v) is 14.3. The van der Waals surface area contributed by atoms with Gasteiger partial charge in [-0.2, -0.15) is 4.31 Å². The van der Waals surface area contributed by atoms with Crippen molar-refractivity contribution in [3.8, 4) is 0 Å². The van der Waals surface area contributed by atoms with Gasteiger partial charge in [-0.05, 0) is 30.5 Å². The van der Waals surface area contributed by atoms with Crippen LogP contribution in [0, 0.1) is 11.7 Å². The van der Waals surface area contributed by atoms with Crippen molar-refractivity contribution in [3.63, 3.8) is 0 Å². The van der Waals surface area contributed by atoms with E-state index in [1.54, 1.807) is 10.4 Å². The van der Waals surface area contributed by atoms with Gasteiger partial charge < -0.3 is 9.64 Å². The molecule has 0 spiro atoms. The Morgan fingerprint density at radius 3 is 2.61 bits per heavy atom. The van der Waals surface area contributed by atoms with Crippen molar-refractivity contribution in [2.24, 2.45) is 5.92 Å². The Bertz CT molecular complexity index is 657. The van der Waals surface area contributed by atoms with Crippen LogP contribution in [0.5, 0.6) is 0 Å². The Balaban J connectivity index is 1.61. The second kappa shape index (κ2) is 6.93. The Morgan fingerprint density at radius 1 is 1.26 bits per heavy atom. The number of piperazine rings is 1. The topological polar surface area (TPSA) is 49.9 Å². The van der Waals surface area contributed by atoms with E-state index >= 15 is 0 Å². The van der Waals surface area contributed by atoms with Crippen molar-refractivity contribution in [3.05, 3.63) is 29.0 Å². The van der Waals surface area contributed by atoms with E-state index in [0.717, 1.165) is 12.1 Å². The fourth-order valence-electron chi connectivity index (χ4n) is 3.06. The van der Waals surface area contributed by atoms with Crippen LogP contribution in [0.4, 0.5) is 10.1 Å². The maximum atomic E-state index is 13.1. The lowest BCUT2D eigenvalue weighted by Crippen LogP contribution is -2.50. The van der Waals surface area contributed by atoms with Gasteiger partial charge in [0.2, 0.25) is 10.0 Å². The van der Waals surface area contributed by atoms with E-state index in [1.807, 2.05) is 4.90 Å². The highest BCUT2D eigenvalue weighted by Crippen LogP contribution is 2.28. The van der Waals surface area contributed by atoms with Crippen molar-refractivity contribution in [1.29, 1.82) is 0 Å². The Kier molecular flexibility index (Phi) is 5.10. The molecule has 0 radical (unpaired) electrons. The third-order valence-corrected chi connectivity index (χ3v) is 6.70. The summed E-state index contributed by atoms with van der Waals surface area (Å²) in [5.41, 5.74) is 0.745. The SMILES string of the molecule is O=S(=O)(CC1CCOC1)N1CCN(c2ccc(F)cc2Cl)CC1. The molecule has 5 nitrogen and oxygen atoms in total. The van der Waals surface area contributed by atoms with Gasteiger partial charge in [0.05, 0.1) is 23.1 Å². The highest BCUT2D eigenvalue weighted by atomic mass is 35.5. The van der Waals surface area contributed by atoms with Crippen molar-refractivity contribution < 1.29 is 17.5 Å². The lowest BCUT2D eigenvalue weighted by molar-refractivity contribution is 0.188. The predicted molar refractivity (Wildman–Crippen MR) is 87.9 cm³/mol. The Labute approximate surface area is 141 Å². The molecule has 2 saturated heterocycles. The van der Waals surface area contributed by atoms with Gasteiger partial charge in [0, 0.05) is 32.8 Å². The number of nitrogens with zero attached hydrogens (tertiary/aromatic N) is 2. The molecule has 3 rings (SSSR count). The van der Waals surface area contributed by atoms with Gasteiger partial charge in [-0.15, -0.1) is 0 Å². The summed E-state index contributed by atoms with van der Waals surface area (Å²) in [5, 5.41) is 0.351. The van der Waals surface area contributed by atoms with Gasteiger partial charge in [0.15, 0.2) is 0 Å². The number of rotatable bonds is 4. The molecule has 23 heavy (non-hydrogen) atoms. The molecule has 1 aromatic carbocycles. The van der Waals surface area contributed by atoms with E-state index in [1.165, 1.54) is 12.1 Å². The minimum atomic E-state index is -3.26. The molecule has 1 atom stereocenters. The third-order valence-electron chi connectivity index (χ3n) is 4.35. The monoisotopic (exact) mass is 362 g/mol. The highest BCUT2D eigenvalue weighted by molar-refractivity contribution is 7.89. The number of ether oxygens (including phenoxy) is 1. The zero-order chi connectivity index (χ0) is 16.4. The molecule has 128 valence electrons. The molecule has 2 aliphatic rings. The molecule has 0 aromatic heterocycles. The maximum absolute atomic E-state index is 13.1. The molecule has 2 fully saturated rings. The van der Waals surface area contributed by atoms with Crippen LogP contribution in [-0.2, 0) is 14.8 Å². The molecule has 0 amide bonds. The van der Waals surface area contributed by atoms with Gasteiger partial charge in [-0.25, -0.2) is 12.8 Å². The van der Waals surface area contributed by atoms with Crippen molar-refractivity contribution in [2.75, 3.05) is 50.0 Å². The van der Waals surface area contributed by atoms with Crippen LogP contribution < -0.4 is 4.90 Å². The molecule has 1 unspecified atom stereocenters. The standard InChI is InChI=1S/C15H20ClFN2O3S/c16-14-9-13(17)1-2-15(14)18-4-6-19(7-5-18)23(20,21)11-12-3-8-22-10-12/h1-2,9,12H,3-8,10-11H2. The van der Waals surface area contributed by atoms with Crippen LogP contribution in [0.25, 0.3) is 0 Å². The van der Waals surface area contributed by atoms with Crippen LogP contribution in [0.2, 0.25) is 5.02 Å². The quantitative estimate of drug-likeness (QED) is 0.821. The van der Waals surface area contributed by atoms with Gasteiger partial charge in [0.25, 0.3) is 0 Å². The fraction of sp³-hybridized carbons (Fsp3) is 0.600. The second-order valence-electron chi connectivity index (χ2n) is 5.99. The average Bonchev–Trinajstić information content (AvgIpc) is 3.00. The Morgan fingerprint density at radius 2 is 2.00 bits per heavy atom. The van der Waals surface area contributed by atoms with Crippen LogP contribution in [-0.4, -0.2) is 57.9 Å². The molecule has 0 aliphatic carbocycles. The molecule has 2 heterocycles. The predicted octanol–water partition coefficient (Wildman–Crippen LogP) is 1.97. The largest absolute Gasteiger partial charge is 0.381 e. The number of anilines is 1. The van der Waals surface area contributed by atoms with Crippen molar-refractivity contribution >= 4 is 27.3 Å². The average molecular weight is 363 g/mol. The zero-order valence-electron chi connectivity index (χ0n) is 12.7. The molecule has 2 aliphatic heterocycles. The summed E-state index contributed by atoms with van der Waals surface area (Å²) >= 11 is 6.08. The molecular formula is C15H20ClFN2O3S. The van der Waals surface area contributed by atoms with Crippen molar-refractivity contribution in [2.45, 2.75) is 6.42 Å². The minimum absolute atomic E-state index is 0.101. The summed E-state index contributed by atoms with van der Waals surface area (Å²) in [6, 6.07) is 4.28. The molecule has 1 aromatic rings. The summed E-state index contributed by atoms with van der Waals surface area (Å²) in [5.74, 6) is -0.118. The summed E-state index contributed by atoms with van der Waals surface area (Å²) < 4.78 is 44.9. The number of sulfonamides is 1. The Hall–Kier alpha value is -0.890. The number of halogens is 2. The van der Waals surface area contributed by atoms with Gasteiger partial charge in [0.1, 0.15) is 5.82 Å². The smallest absolute Gasteiger partial charge is 0.214 e. The van der Waals surface area contributed by atoms with E-state index in [9.17, 15) is 12.8 Å². The van der Waals surface area contributed by atoms with Gasteiger partial charge in [-0.3, -0.25) is 0 Å². The van der Waals surface area contributed by atoms with Crippen LogP contribution >= 0.6 is 11.6 Å². The normalized spacial score (nSPS) is 23.4. The third kappa shape index (κ3) is 3.96. The molecule has 0 bridgehead atoms. The van der Waals surface area contributed by atoms with Crippen LogP contribution in [0.3, 0.4) is 0 Å². The van der Waals surface area contributed by atoms with Crippen LogP contribution in [0.15, 0.2) is 18.2 Å². The first-order valence-electron chi connectivity index (χ1n) is 7.71. The summed E-state index contributed by atoms with van der Waals surface area (Å²) in [4.78, 5) is 1.99. The van der Waals surface area contributed by atoms with Gasteiger partial charge >= 0.3 is 0 Å². The second-order valence-corrected chi connectivity index (χ2v) is 8.41. The van der Waals surface area contributed by atoms with Crippen LogP contribution in [0.1, 0.15) is 6.42 Å². The summed E-state index contributed by atoms with van der Waals surface area (Å²) in [6.07, 6.45) is 0.810. The number of benzene rings is 1. The summed E-state index contributed by atoms with van der Waals surface area (Å²) in [6.45, 7) is 3.12. The minimum Gasteiger partial charge on any atom is -0.381 e.